The molecule has 2 aliphatic carbocycles. The van der Waals surface area contributed by atoms with E-state index in [0.29, 0.717) is 18.5 Å². The summed E-state index contributed by atoms with van der Waals surface area (Å²) >= 11 is 0. The number of hydrogen-bond acceptors (Lipinski definition) is 1. The molecule has 0 heterocycles. The molecule has 2 rings (SSSR count). The van der Waals surface area contributed by atoms with Gasteiger partial charge in [0.2, 0.25) is 0 Å². The topological polar surface area (TPSA) is 12.0 Å². The van der Waals surface area contributed by atoms with E-state index < -0.39 is 12.6 Å². The molecule has 2 aliphatic rings. The normalized spacial score (nSPS) is 34.2. The van der Waals surface area contributed by atoms with Crippen LogP contribution in [0, 0.1) is 17.8 Å². The zero-order valence-electron chi connectivity index (χ0n) is 10.4. The highest BCUT2D eigenvalue weighted by atomic mass is 19.4. The molecule has 0 radical (unpaired) electrons. The van der Waals surface area contributed by atoms with Crippen molar-refractivity contribution in [2.75, 3.05) is 6.54 Å². The standard InChI is InChI=1S/C13H22F3N/c1-9(17-6-2-5-13(14,15)16)12-8-10-3-4-11(12)7-10/h9-12,17H,2-8H2,1H3. The molecule has 100 valence electrons. The van der Waals surface area contributed by atoms with Crippen LogP contribution in [0.3, 0.4) is 0 Å². The second kappa shape index (κ2) is 5.17. The molecule has 4 unspecified atom stereocenters. The van der Waals surface area contributed by atoms with Crippen molar-refractivity contribution in [3.05, 3.63) is 0 Å². The van der Waals surface area contributed by atoms with E-state index >= 15 is 0 Å². The average molecular weight is 249 g/mol. The maximum atomic E-state index is 12.0. The van der Waals surface area contributed by atoms with Crippen molar-refractivity contribution in [3.63, 3.8) is 0 Å². The molecule has 4 heteroatoms. The quantitative estimate of drug-likeness (QED) is 0.732. The first kappa shape index (κ1) is 13.2. The zero-order chi connectivity index (χ0) is 12.5. The molecule has 0 aromatic heterocycles. The Kier molecular flexibility index (Phi) is 4.01. The second-order valence-corrected chi connectivity index (χ2v) is 5.80. The predicted molar refractivity (Wildman–Crippen MR) is 61.7 cm³/mol. The Morgan fingerprint density at radius 1 is 1.24 bits per heavy atom. The van der Waals surface area contributed by atoms with E-state index in [1.54, 1.807) is 0 Å². The molecule has 2 fully saturated rings. The minimum absolute atomic E-state index is 0.203. The number of hydrogen-bond donors (Lipinski definition) is 1. The van der Waals surface area contributed by atoms with E-state index in [0.717, 1.165) is 11.8 Å². The maximum Gasteiger partial charge on any atom is 0.389 e. The summed E-state index contributed by atoms with van der Waals surface area (Å²) in [6, 6.07) is 0.388. The van der Waals surface area contributed by atoms with Gasteiger partial charge in [-0.15, -0.1) is 0 Å². The highest BCUT2D eigenvalue weighted by Crippen LogP contribution is 2.49. The van der Waals surface area contributed by atoms with Crippen LogP contribution in [0.4, 0.5) is 13.2 Å². The van der Waals surface area contributed by atoms with Gasteiger partial charge in [0.1, 0.15) is 0 Å². The number of rotatable bonds is 5. The Morgan fingerprint density at radius 2 is 2.00 bits per heavy atom. The summed E-state index contributed by atoms with van der Waals surface area (Å²) in [6.45, 7) is 2.63. The van der Waals surface area contributed by atoms with Gasteiger partial charge in [0.15, 0.2) is 0 Å². The molecule has 1 N–H and O–H groups in total. The lowest BCUT2D eigenvalue weighted by molar-refractivity contribution is -0.135. The molecular formula is C13H22F3N. The summed E-state index contributed by atoms with van der Waals surface area (Å²) in [7, 11) is 0. The third-order valence-electron chi connectivity index (χ3n) is 4.54. The summed E-state index contributed by atoms with van der Waals surface area (Å²) in [4.78, 5) is 0. The molecule has 0 spiro atoms. The Morgan fingerprint density at radius 3 is 2.53 bits per heavy atom. The minimum Gasteiger partial charge on any atom is -0.314 e. The maximum absolute atomic E-state index is 12.0. The van der Waals surface area contributed by atoms with Crippen molar-refractivity contribution in [3.8, 4) is 0 Å². The first-order valence-electron chi connectivity index (χ1n) is 6.76. The molecule has 17 heavy (non-hydrogen) atoms. The summed E-state index contributed by atoms with van der Waals surface area (Å²) < 4.78 is 35.9. The fourth-order valence-electron chi connectivity index (χ4n) is 3.68. The Hall–Kier alpha value is -0.250. The molecule has 0 saturated heterocycles. The smallest absolute Gasteiger partial charge is 0.314 e. The average Bonchev–Trinajstić information content (AvgIpc) is 2.84. The highest BCUT2D eigenvalue weighted by Gasteiger charge is 2.41. The third-order valence-corrected chi connectivity index (χ3v) is 4.54. The molecule has 4 atom stereocenters. The van der Waals surface area contributed by atoms with Crippen molar-refractivity contribution in [2.24, 2.45) is 17.8 Å². The number of fused-ring (bicyclic) bond motifs is 2. The molecule has 1 nitrogen and oxygen atoms in total. The van der Waals surface area contributed by atoms with Gasteiger partial charge >= 0.3 is 6.18 Å². The first-order valence-corrected chi connectivity index (χ1v) is 6.76. The van der Waals surface area contributed by atoms with E-state index in [2.05, 4.69) is 12.2 Å². The van der Waals surface area contributed by atoms with E-state index in [4.69, 9.17) is 0 Å². The van der Waals surface area contributed by atoms with Gasteiger partial charge in [-0.25, -0.2) is 0 Å². The van der Waals surface area contributed by atoms with Crippen LogP contribution in [0.1, 0.15) is 45.4 Å². The fourth-order valence-corrected chi connectivity index (χ4v) is 3.68. The van der Waals surface area contributed by atoms with E-state index in [9.17, 15) is 13.2 Å². The summed E-state index contributed by atoms with van der Waals surface area (Å²) in [5.41, 5.74) is 0. The lowest BCUT2D eigenvalue weighted by Gasteiger charge is -2.28. The minimum atomic E-state index is -4.00. The molecular weight excluding hydrogens is 227 g/mol. The van der Waals surface area contributed by atoms with Crippen LogP contribution in [0.5, 0.6) is 0 Å². The van der Waals surface area contributed by atoms with Gasteiger partial charge in [0.05, 0.1) is 0 Å². The van der Waals surface area contributed by atoms with Crippen LogP contribution in [-0.2, 0) is 0 Å². The molecule has 2 saturated carbocycles. The summed E-state index contributed by atoms with van der Waals surface area (Å²) in [5.74, 6) is 2.45. The predicted octanol–water partition coefficient (Wildman–Crippen LogP) is 3.74. The zero-order valence-corrected chi connectivity index (χ0v) is 10.4. The SMILES string of the molecule is CC(NCCCC(F)(F)F)C1CC2CCC1C2. The van der Waals surface area contributed by atoms with E-state index in [1.807, 2.05) is 0 Å². The Bertz CT molecular complexity index is 252. The van der Waals surface area contributed by atoms with Gasteiger partial charge in [-0.05, 0) is 56.9 Å². The van der Waals surface area contributed by atoms with Crippen LogP contribution in [0.15, 0.2) is 0 Å². The van der Waals surface area contributed by atoms with Crippen molar-refractivity contribution < 1.29 is 13.2 Å². The number of nitrogens with one attached hydrogen (secondary N) is 1. The second-order valence-electron chi connectivity index (χ2n) is 5.80. The first-order chi connectivity index (χ1) is 7.96. The van der Waals surface area contributed by atoms with Gasteiger partial charge in [-0.3, -0.25) is 0 Å². The molecule has 0 amide bonds. The van der Waals surface area contributed by atoms with Gasteiger partial charge < -0.3 is 5.32 Å². The highest BCUT2D eigenvalue weighted by molar-refractivity contribution is 4.93. The lowest BCUT2D eigenvalue weighted by Crippen LogP contribution is -2.37. The van der Waals surface area contributed by atoms with Crippen LogP contribution >= 0.6 is 0 Å². The van der Waals surface area contributed by atoms with Crippen LogP contribution < -0.4 is 5.32 Å². The van der Waals surface area contributed by atoms with Gasteiger partial charge in [-0.2, -0.15) is 13.2 Å². The summed E-state index contributed by atoms with van der Waals surface area (Å²) in [5, 5.41) is 3.28. The van der Waals surface area contributed by atoms with Crippen LogP contribution in [0.2, 0.25) is 0 Å². The monoisotopic (exact) mass is 249 g/mol. The van der Waals surface area contributed by atoms with E-state index in [1.165, 1.54) is 25.7 Å². The molecule has 0 aromatic carbocycles. The molecule has 0 aromatic rings. The number of halogens is 3. The lowest BCUT2D eigenvalue weighted by atomic mass is 9.84. The van der Waals surface area contributed by atoms with Gasteiger partial charge in [0.25, 0.3) is 0 Å². The summed E-state index contributed by atoms with van der Waals surface area (Å²) in [6.07, 6.45) is 0.901. The number of alkyl halides is 3. The fraction of sp³-hybridized carbons (Fsp3) is 1.00. The Balaban J connectivity index is 1.63. The van der Waals surface area contributed by atoms with Crippen molar-refractivity contribution in [2.45, 2.75) is 57.7 Å². The molecule has 0 aliphatic heterocycles. The van der Waals surface area contributed by atoms with E-state index in [-0.39, 0.29) is 6.42 Å². The van der Waals surface area contributed by atoms with Crippen LogP contribution in [-0.4, -0.2) is 18.8 Å². The van der Waals surface area contributed by atoms with Crippen molar-refractivity contribution in [1.29, 1.82) is 0 Å². The third kappa shape index (κ3) is 3.60. The van der Waals surface area contributed by atoms with Gasteiger partial charge in [0, 0.05) is 12.5 Å². The van der Waals surface area contributed by atoms with Crippen LogP contribution in [0.25, 0.3) is 0 Å². The largest absolute Gasteiger partial charge is 0.389 e. The molecule has 2 bridgehead atoms. The van der Waals surface area contributed by atoms with Crippen molar-refractivity contribution in [1.82, 2.24) is 5.32 Å². The Labute approximate surface area is 101 Å². The van der Waals surface area contributed by atoms with Gasteiger partial charge in [-0.1, -0.05) is 6.42 Å². The van der Waals surface area contributed by atoms with Crippen molar-refractivity contribution >= 4 is 0 Å².